The minimum absolute atomic E-state index is 0.00833. The van der Waals surface area contributed by atoms with Crippen LogP contribution in [0.1, 0.15) is 16.8 Å². The molecule has 3 rings (SSSR count). The standard InChI is InChI=1S/C18H19ClN2O/c1-20-11-10-17(13-20)21(16-8-3-2-4-9-16)18(22)14-6-5-7-15(19)12-14/h2-9,12,17H,10-11,13H2,1H3. The monoisotopic (exact) mass is 314 g/mol. The van der Waals surface area contributed by atoms with Crippen molar-refractivity contribution in [3.8, 4) is 0 Å². The van der Waals surface area contributed by atoms with Gasteiger partial charge in [-0.25, -0.2) is 0 Å². The molecule has 2 aromatic carbocycles. The summed E-state index contributed by atoms with van der Waals surface area (Å²) in [5.41, 5.74) is 1.57. The molecule has 3 nitrogen and oxygen atoms in total. The topological polar surface area (TPSA) is 23.6 Å². The van der Waals surface area contributed by atoms with Gasteiger partial charge in [0.05, 0.1) is 6.04 Å². The fourth-order valence-corrected chi connectivity index (χ4v) is 3.16. The molecule has 1 heterocycles. The fraction of sp³-hybridized carbons (Fsp3) is 0.278. The minimum Gasteiger partial charge on any atom is -0.304 e. The SMILES string of the molecule is CN1CCC(N(C(=O)c2cccc(Cl)c2)c2ccccc2)C1. The molecule has 1 unspecified atom stereocenters. The van der Waals surface area contributed by atoms with Gasteiger partial charge in [0.25, 0.3) is 5.91 Å². The van der Waals surface area contributed by atoms with E-state index >= 15 is 0 Å². The molecule has 0 spiro atoms. The molecule has 0 aliphatic carbocycles. The first-order valence-corrected chi connectivity index (χ1v) is 7.85. The Morgan fingerprint density at radius 1 is 1.18 bits per heavy atom. The number of likely N-dealkylation sites (N-methyl/N-ethyl adjacent to an activating group) is 1. The van der Waals surface area contributed by atoms with E-state index in [9.17, 15) is 4.79 Å². The van der Waals surface area contributed by atoms with Gasteiger partial charge in [0.2, 0.25) is 0 Å². The predicted octanol–water partition coefficient (Wildman–Crippen LogP) is 3.69. The number of anilines is 1. The van der Waals surface area contributed by atoms with Gasteiger partial charge in [-0.3, -0.25) is 4.79 Å². The van der Waals surface area contributed by atoms with Crippen LogP contribution < -0.4 is 4.90 Å². The highest BCUT2D eigenvalue weighted by molar-refractivity contribution is 6.31. The Morgan fingerprint density at radius 2 is 1.95 bits per heavy atom. The zero-order chi connectivity index (χ0) is 15.5. The summed E-state index contributed by atoms with van der Waals surface area (Å²) in [5, 5.41) is 0.586. The Balaban J connectivity index is 1.96. The maximum atomic E-state index is 13.0. The van der Waals surface area contributed by atoms with Crippen LogP contribution in [0.3, 0.4) is 0 Å². The molecule has 4 heteroatoms. The van der Waals surface area contributed by atoms with Crippen molar-refractivity contribution in [1.29, 1.82) is 0 Å². The van der Waals surface area contributed by atoms with Gasteiger partial charge in [-0.2, -0.15) is 0 Å². The van der Waals surface area contributed by atoms with Crippen LogP contribution in [0.2, 0.25) is 5.02 Å². The second kappa shape index (κ2) is 6.51. The minimum atomic E-state index is 0.00833. The maximum Gasteiger partial charge on any atom is 0.258 e. The van der Waals surface area contributed by atoms with Crippen LogP contribution in [0, 0.1) is 0 Å². The molecule has 1 aliphatic heterocycles. The van der Waals surface area contributed by atoms with E-state index in [-0.39, 0.29) is 11.9 Å². The molecular weight excluding hydrogens is 296 g/mol. The van der Waals surface area contributed by atoms with Gasteiger partial charge in [-0.15, -0.1) is 0 Å². The van der Waals surface area contributed by atoms with Crippen molar-refractivity contribution in [2.75, 3.05) is 25.0 Å². The second-order valence-corrected chi connectivity index (χ2v) is 6.16. The number of carbonyl (C=O) groups excluding carboxylic acids is 1. The summed E-state index contributed by atoms with van der Waals surface area (Å²) in [5.74, 6) is 0.00833. The van der Waals surface area contributed by atoms with Gasteiger partial charge in [0.15, 0.2) is 0 Å². The van der Waals surface area contributed by atoms with E-state index in [0.29, 0.717) is 10.6 Å². The van der Waals surface area contributed by atoms with Gasteiger partial charge in [-0.1, -0.05) is 35.9 Å². The van der Waals surface area contributed by atoms with Crippen LogP contribution in [0.4, 0.5) is 5.69 Å². The molecular formula is C18H19ClN2O. The molecule has 0 aromatic heterocycles. The van der Waals surface area contributed by atoms with Crippen LogP contribution in [0.15, 0.2) is 54.6 Å². The van der Waals surface area contributed by atoms with E-state index in [2.05, 4.69) is 11.9 Å². The third kappa shape index (κ3) is 3.16. The number of nitrogens with zero attached hydrogens (tertiary/aromatic N) is 2. The van der Waals surface area contributed by atoms with Crippen molar-refractivity contribution in [3.05, 3.63) is 65.2 Å². The van der Waals surface area contributed by atoms with Gasteiger partial charge in [-0.05, 0) is 50.3 Å². The van der Waals surface area contributed by atoms with E-state index in [4.69, 9.17) is 11.6 Å². The summed E-state index contributed by atoms with van der Waals surface area (Å²) in [6.07, 6.45) is 0.984. The number of hydrogen-bond acceptors (Lipinski definition) is 2. The molecule has 1 fully saturated rings. The second-order valence-electron chi connectivity index (χ2n) is 5.73. The molecule has 0 N–H and O–H groups in total. The van der Waals surface area contributed by atoms with Gasteiger partial charge >= 0.3 is 0 Å². The summed E-state index contributed by atoms with van der Waals surface area (Å²) >= 11 is 6.04. The van der Waals surface area contributed by atoms with Gasteiger partial charge in [0.1, 0.15) is 0 Å². The number of para-hydroxylation sites is 1. The van der Waals surface area contributed by atoms with E-state index in [0.717, 1.165) is 25.2 Å². The van der Waals surface area contributed by atoms with Crippen LogP contribution in [-0.2, 0) is 0 Å². The van der Waals surface area contributed by atoms with E-state index in [1.54, 1.807) is 12.1 Å². The first-order chi connectivity index (χ1) is 10.6. The highest BCUT2D eigenvalue weighted by atomic mass is 35.5. The third-order valence-electron chi connectivity index (χ3n) is 4.06. The Morgan fingerprint density at radius 3 is 2.59 bits per heavy atom. The zero-order valence-electron chi connectivity index (χ0n) is 12.6. The molecule has 2 aromatic rings. The average molecular weight is 315 g/mol. The average Bonchev–Trinajstić information content (AvgIpc) is 2.94. The maximum absolute atomic E-state index is 13.0. The summed E-state index contributed by atoms with van der Waals surface area (Å²) in [7, 11) is 2.09. The summed E-state index contributed by atoms with van der Waals surface area (Å²) < 4.78 is 0. The third-order valence-corrected chi connectivity index (χ3v) is 4.29. The fourth-order valence-electron chi connectivity index (χ4n) is 2.97. The smallest absolute Gasteiger partial charge is 0.258 e. The zero-order valence-corrected chi connectivity index (χ0v) is 13.3. The van der Waals surface area contributed by atoms with Crippen LogP contribution in [-0.4, -0.2) is 37.0 Å². The number of rotatable bonds is 3. The summed E-state index contributed by atoms with van der Waals surface area (Å²) in [6, 6.07) is 17.2. The van der Waals surface area contributed by atoms with Crippen LogP contribution in [0.5, 0.6) is 0 Å². The number of halogens is 1. The van der Waals surface area contributed by atoms with E-state index < -0.39 is 0 Å². The summed E-state index contributed by atoms with van der Waals surface area (Å²) in [4.78, 5) is 17.2. The molecule has 0 saturated carbocycles. The summed E-state index contributed by atoms with van der Waals surface area (Å²) in [6.45, 7) is 1.90. The lowest BCUT2D eigenvalue weighted by Gasteiger charge is -2.29. The van der Waals surface area contributed by atoms with Crippen molar-refractivity contribution in [2.45, 2.75) is 12.5 Å². The lowest BCUT2D eigenvalue weighted by Crippen LogP contribution is -2.42. The molecule has 114 valence electrons. The number of hydrogen-bond donors (Lipinski definition) is 0. The first-order valence-electron chi connectivity index (χ1n) is 7.48. The number of amides is 1. The Labute approximate surface area is 136 Å². The van der Waals surface area contributed by atoms with Crippen molar-refractivity contribution < 1.29 is 4.79 Å². The molecule has 1 aliphatic rings. The van der Waals surface area contributed by atoms with Gasteiger partial charge < -0.3 is 9.80 Å². The number of likely N-dealkylation sites (tertiary alicyclic amines) is 1. The molecule has 0 radical (unpaired) electrons. The Kier molecular flexibility index (Phi) is 4.46. The largest absolute Gasteiger partial charge is 0.304 e. The van der Waals surface area contributed by atoms with Crippen molar-refractivity contribution in [2.24, 2.45) is 0 Å². The predicted molar refractivity (Wildman–Crippen MR) is 90.6 cm³/mol. The Hall–Kier alpha value is -1.84. The molecule has 1 saturated heterocycles. The lowest BCUT2D eigenvalue weighted by molar-refractivity contribution is 0.0977. The molecule has 0 bridgehead atoms. The molecule has 22 heavy (non-hydrogen) atoms. The van der Waals surface area contributed by atoms with E-state index in [1.165, 1.54) is 0 Å². The van der Waals surface area contributed by atoms with E-state index in [1.807, 2.05) is 47.4 Å². The van der Waals surface area contributed by atoms with Gasteiger partial charge in [0, 0.05) is 22.8 Å². The van der Waals surface area contributed by atoms with Crippen molar-refractivity contribution in [3.63, 3.8) is 0 Å². The number of benzene rings is 2. The molecule has 1 amide bonds. The van der Waals surface area contributed by atoms with Crippen molar-refractivity contribution >= 4 is 23.2 Å². The number of carbonyl (C=O) groups is 1. The van der Waals surface area contributed by atoms with Crippen LogP contribution >= 0.6 is 11.6 Å². The normalized spacial score (nSPS) is 18.4. The molecule has 1 atom stereocenters. The van der Waals surface area contributed by atoms with Crippen LogP contribution in [0.25, 0.3) is 0 Å². The quantitative estimate of drug-likeness (QED) is 0.862. The highest BCUT2D eigenvalue weighted by Gasteiger charge is 2.30. The van der Waals surface area contributed by atoms with Crippen molar-refractivity contribution in [1.82, 2.24) is 4.90 Å². The Bertz CT molecular complexity index is 659. The first kappa shape index (κ1) is 15.1. The highest BCUT2D eigenvalue weighted by Crippen LogP contribution is 2.25. The lowest BCUT2D eigenvalue weighted by atomic mass is 10.1.